The predicted molar refractivity (Wildman–Crippen MR) is 102 cm³/mol. The molecule has 2 rings (SSSR count). The van der Waals surface area contributed by atoms with Gasteiger partial charge in [0.25, 0.3) is 0 Å². The van der Waals surface area contributed by atoms with Crippen LogP contribution in [0.15, 0.2) is 23.3 Å². The molecule has 2 aromatic rings. The van der Waals surface area contributed by atoms with Crippen LogP contribution in [0.25, 0.3) is 0 Å². The fraction of sp³-hybridized carbons (Fsp3) is 0.353. The number of phenols is 1. The molecular formula is C17H21N5O4S. The van der Waals surface area contributed by atoms with Crippen LogP contribution in [0, 0.1) is 5.41 Å². The minimum atomic E-state index is -0.552. The van der Waals surface area contributed by atoms with Gasteiger partial charge < -0.3 is 15.2 Å². The smallest absolute Gasteiger partial charge is 0.247 e. The number of hydrogen-bond donors (Lipinski definition) is 3. The maximum absolute atomic E-state index is 11.9. The number of aromatic hydroxyl groups is 1. The van der Waals surface area contributed by atoms with Gasteiger partial charge in [-0.3, -0.25) is 9.59 Å². The topological polar surface area (TPSA) is 126 Å². The predicted octanol–water partition coefficient (Wildman–Crippen LogP) is 1.93. The highest BCUT2D eigenvalue weighted by Crippen LogP contribution is 2.27. The summed E-state index contributed by atoms with van der Waals surface area (Å²) in [6, 6.07) is 4.93. The van der Waals surface area contributed by atoms with E-state index < -0.39 is 11.3 Å². The lowest BCUT2D eigenvalue weighted by Gasteiger charge is -2.15. The van der Waals surface area contributed by atoms with E-state index in [9.17, 15) is 14.7 Å². The molecule has 0 aliphatic rings. The first-order valence-corrected chi connectivity index (χ1v) is 8.84. The van der Waals surface area contributed by atoms with Crippen LogP contribution in [-0.2, 0) is 16.0 Å². The van der Waals surface area contributed by atoms with Crippen LogP contribution in [-0.4, -0.2) is 40.4 Å². The standard InChI is InChI=1S/C17H21N5O4S/c1-17(2,3)15(25)19-16-22-21-13(27-16)8-12(23)20-18-9-10-6-5-7-11(26-4)14(10)24/h5-7,9,24H,8H2,1-4H3,(H,20,23)(H,19,22,25). The van der Waals surface area contributed by atoms with Crippen molar-refractivity contribution in [1.82, 2.24) is 15.6 Å². The average molecular weight is 391 g/mol. The van der Waals surface area contributed by atoms with Gasteiger partial charge in [-0.2, -0.15) is 5.10 Å². The van der Waals surface area contributed by atoms with Crippen molar-refractivity contribution in [3.8, 4) is 11.5 Å². The van der Waals surface area contributed by atoms with Gasteiger partial charge in [-0.1, -0.05) is 38.2 Å². The highest BCUT2D eigenvalue weighted by Gasteiger charge is 2.22. The van der Waals surface area contributed by atoms with Gasteiger partial charge in [-0.05, 0) is 12.1 Å². The van der Waals surface area contributed by atoms with Crippen LogP contribution < -0.4 is 15.5 Å². The van der Waals surface area contributed by atoms with Gasteiger partial charge in [-0.25, -0.2) is 5.43 Å². The number of benzene rings is 1. The molecular weight excluding hydrogens is 370 g/mol. The Balaban J connectivity index is 1.90. The number of hydrazone groups is 1. The van der Waals surface area contributed by atoms with Crippen molar-refractivity contribution in [2.24, 2.45) is 10.5 Å². The van der Waals surface area contributed by atoms with Crippen molar-refractivity contribution in [3.63, 3.8) is 0 Å². The summed E-state index contributed by atoms with van der Waals surface area (Å²) in [5, 5.41) is 24.9. The van der Waals surface area contributed by atoms with Crippen LogP contribution in [0.3, 0.4) is 0 Å². The summed E-state index contributed by atoms with van der Waals surface area (Å²) in [5.41, 5.74) is 2.20. The average Bonchev–Trinajstić information content (AvgIpc) is 3.02. The van der Waals surface area contributed by atoms with Crippen molar-refractivity contribution in [2.75, 3.05) is 12.4 Å². The number of nitrogens with zero attached hydrogens (tertiary/aromatic N) is 3. The number of methoxy groups -OCH3 is 1. The molecule has 0 fully saturated rings. The fourth-order valence-electron chi connectivity index (χ4n) is 1.82. The Morgan fingerprint density at radius 1 is 1.33 bits per heavy atom. The van der Waals surface area contributed by atoms with Crippen LogP contribution in [0.2, 0.25) is 0 Å². The Morgan fingerprint density at radius 3 is 2.74 bits per heavy atom. The number of ether oxygens (including phenoxy) is 1. The Kier molecular flexibility index (Phi) is 6.45. The third kappa shape index (κ3) is 5.74. The largest absolute Gasteiger partial charge is 0.504 e. The number of nitrogens with one attached hydrogen (secondary N) is 2. The number of carbonyl (C=O) groups excluding carboxylic acids is 2. The van der Waals surface area contributed by atoms with Gasteiger partial charge in [0.05, 0.1) is 19.7 Å². The molecule has 0 aliphatic heterocycles. The highest BCUT2D eigenvalue weighted by molar-refractivity contribution is 7.15. The van der Waals surface area contributed by atoms with Crippen molar-refractivity contribution in [1.29, 1.82) is 0 Å². The van der Waals surface area contributed by atoms with Gasteiger partial charge in [-0.15, -0.1) is 10.2 Å². The van der Waals surface area contributed by atoms with Crippen LogP contribution in [0.1, 0.15) is 31.3 Å². The van der Waals surface area contributed by atoms with Gasteiger partial charge in [0.2, 0.25) is 16.9 Å². The Morgan fingerprint density at radius 2 is 2.07 bits per heavy atom. The second-order valence-corrected chi connectivity index (χ2v) is 7.64. The molecule has 0 saturated carbocycles. The third-order valence-electron chi connectivity index (χ3n) is 3.32. The van der Waals surface area contributed by atoms with Gasteiger partial charge in [0.15, 0.2) is 11.5 Å². The summed E-state index contributed by atoms with van der Waals surface area (Å²) < 4.78 is 5.00. The van der Waals surface area contributed by atoms with Crippen molar-refractivity contribution in [2.45, 2.75) is 27.2 Å². The molecule has 9 nitrogen and oxygen atoms in total. The first kappa shape index (κ1) is 20.3. The summed E-state index contributed by atoms with van der Waals surface area (Å²) in [7, 11) is 1.44. The van der Waals surface area contributed by atoms with Gasteiger partial charge >= 0.3 is 0 Å². The third-order valence-corrected chi connectivity index (χ3v) is 4.16. The molecule has 1 aromatic heterocycles. The molecule has 0 spiro atoms. The van der Waals surface area contributed by atoms with E-state index in [1.165, 1.54) is 13.3 Å². The minimum Gasteiger partial charge on any atom is -0.504 e. The van der Waals surface area contributed by atoms with Crippen LogP contribution >= 0.6 is 11.3 Å². The van der Waals surface area contributed by atoms with E-state index in [2.05, 4.69) is 26.0 Å². The maximum Gasteiger partial charge on any atom is 0.247 e. The summed E-state index contributed by atoms with van der Waals surface area (Å²) >= 11 is 1.12. The van der Waals surface area contributed by atoms with Crippen LogP contribution in [0.4, 0.5) is 5.13 Å². The normalized spacial score (nSPS) is 11.4. The molecule has 1 heterocycles. The molecule has 10 heteroatoms. The Bertz CT molecular complexity index is 857. The second kappa shape index (κ2) is 8.58. The molecule has 144 valence electrons. The number of aromatic nitrogens is 2. The van der Waals surface area contributed by atoms with E-state index in [1.807, 2.05) is 0 Å². The maximum atomic E-state index is 11.9. The van der Waals surface area contributed by atoms with Gasteiger partial charge in [0.1, 0.15) is 5.01 Å². The number of anilines is 1. The minimum absolute atomic E-state index is 0.0372. The zero-order valence-electron chi connectivity index (χ0n) is 15.4. The zero-order chi connectivity index (χ0) is 20.0. The summed E-state index contributed by atoms with van der Waals surface area (Å²) in [6.07, 6.45) is 1.27. The fourth-order valence-corrected chi connectivity index (χ4v) is 2.55. The van der Waals surface area contributed by atoms with E-state index >= 15 is 0 Å². The quantitative estimate of drug-likeness (QED) is 0.510. The molecule has 3 N–H and O–H groups in total. The second-order valence-electron chi connectivity index (χ2n) is 6.57. The van der Waals surface area contributed by atoms with E-state index in [1.54, 1.807) is 39.0 Å². The lowest BCUT2D eigenvalue weighted by Crippen LogP contribution is -2.27. The first-order chi connectivity index (χ1) is 12.7. The van der Waals surface area contributed by atoms with E-state index in [4.69, 9.17) is 4.74 Å². The molecule has 1 aromatic carbocycles. The number of carbonyl (C=O) groups is 2. The molecule has 0 aliphatic carbocycles. The highest BCUT2D eigenvalue weighted by atomic mass is 32.1. The summed E-state index contributed by atoms with van der Waals surface area (Å²) in [6.45, 7) is 5.36. The number of hydrogen-bond acceptors (Lipinski definition) is 8. The summed E-state index contributed by atoms with van der Waals surface area (Å²) in [5.74, 6) is -0.346. The van der Waals surface area contributed by atoms with Crippen molar-refractivity contribution in [3.05, 3.63) is 28.8 Å². The number of rotatable bonds is 6. The van der Waals surface area contributed by atoms with Gasteiger partial charge in [0, 0.05) is 11.0 Å². The van der Waals surface area contributed by atoms with Crippen LogP contribution in [0.5, 0.6) is 11.5 Å². The van der Waals surface area contributed by atoms with E-state index in [-0.39, 0.29) is 18.1 Å². The monoisotopic (exact) mass is 391 g/mol. The van der Waals surface area contributed by atoms with Crippen molar-refractivity contribution < 1.29 is 19.4 Å². The Labute approximate surface area is 160 Å². The number of para-hydroxylation sites is 1. The molecule has 0 radical (unpaired) electrons. The molecule has 2 amide bonds. The number of phenolic OH excluding ortho intramolecular Hbond substituents is 1. The zero-order valence-corrected chi connectivity index (χ0v) is 16.3. The van der Waals surface area contributed by atoms with E-state index in [0.29, 0.717) is 21.5 Å². The first-order valence-electron chi connectivity index (χ1n) is 8.02. The Hall–Kier alpha value is -3.01. The summed E-state index contributed by atoms with van der Waals surface area (Å²) in [4.78, 5) is 23.9. The molecule has 27 heavy (non-hydrogen) atoms. The van der Waals surface area contributed by atoms with E-state index in [0.717, 1.165) is 11.3 Å². The SMILES string of the molecule is COc1cccc(C=NNC(=O)Cc2nnc(NC(=O)C(C)(C)C)s2)c1O. The number of amides is 2. The van der Waals surface area contributed by atoms with Crippen molar-refractivity contribution >= 4 is 34.5 Å². The molecule has 0 atom stereocenters. The molecule has 0 unspecified atom stereocenters. The molecule has 0 bridgehead atoms. The lowest BCUT2D eigenvalue weighted by molar-refractivity contribution is -0.123. The molecule has 0 saturated heterocycles. The lowest BCUT2D eigenvalue weighted by atomic mass is 9.96.